The fourth-order valence-electron chi connectivity index (χ4n) is 3.36. The third kappa shape index (κ3) is 5.06. The number of amides is 1. The van der Waals surface area contributed by atoms with Crippen LogP contribution in [0.25, 0.3) is 0 Å². The summed E-state index contributed by atoms with van der Waals surface area (Å²) in [5.74, 6) is 0.236. The first-order chi connectivity index (χ1) is 14.9. The Kier molecular flexibility index (Phi) is 6.25. The molecule has 0 fully saturated rings. The van der Waals surface area contributed by atoms with Gasteiger partial charge in [-0.1, -0.05) is 41.9 Å². The Balaban J connectivity index is 1.48. The van der Waals surface area contributed by atoms with Crippen molar-refractivity contribution >= 4 is 39.3 Å². The van der Waals surface area contributed by atoms with E-state index in [0.717, 1.165) is 22.5 Å². The highest BCUT2D eigenvalue weighted by molar-refractivity contribution is 9.10. The van der Waals surface area contributed by atoms with Crippen LogP contribution in [0.2, 0.25) is 5.02 Å². The molecule has 0 saturated carbocycles. The molecule has 31 heavy (non-hydrogen) atoms. The second-order valence-corrected chi connectivity index (χ2v) is 8.62. The number of hydrogen-bond acceptors (Lipinski definition) is 3. The highest BCUT2D eigenvalue weighted by Crippen LogP contribution is 2.23. The van der Waals surface area contributed by atoms with Crippen molar-refractivity contribution in [1.82, 2.24) is 19.6 Å². The van der Waals surface area contributed by atoms with Gasteiger partial charge < -0.3 is 5.32 Å². The molecule has 0 unspecified atom stereocenters. The van der Waals surface area contributed by atoms with Crippen molar-refractivity contribution in [3.63, 3.8) is 0 Å². The third-order valence-electron chi connectivity index (χ3n) is 4.86. The summed E-state index contributed by atoms with van der Waals surface area (Å²) in [5.41, 5.74) is 4.58. The van der Waals surface area contributed by atoms with Crippen LogP contribution in [0.5, 0.6) is 0 Å². The van der Waals surface area contributed by atoms with Crippen LogP contribution < -0.4 is 5.32 Å². The van der Waals surface area contributed by atoms with Gasteiger partial charge in [0.15, 0.2) is 5.82 Å². The zero-order valence-corrected chi connectivity index (χ0v) is 19.5. The van der Waals surface area contributed by atoms with Crippen LogP contribution in [0.4, 0.5) is 5.82 Å². The molecule has 158 valence electrons. The average molecular weight is 499 g/mol. The number of hydrogen-bond donors (Lipinski definition) is 1. The fourth-order valence-corrected chi connectivity index (χ4v) is 3.97. The third-order valence-corrected chi connectivity index (χ3v) is 5.81. The number of halogens is 2. The van der Waals surface area contributed by atoms with Crippen LogP contribution in [0.15, 0.2) is 65.3 Å². The van der Waals surface area contributed by atoms with E-state index >= 15 is 0 Å². The van der Waals surface area contributed by atoms with E-state index in [0.29, 0.717) is 34.0 Å². The average Bonchev–Trinajstić information content (AvgIpc) is 3.24. The molecule has 0 aliphatic carbocycles. The van der Waals surface area contributed by atoms with E-state index in [4.69, 9.17) is 11.6 Å². The maximum atomic E-state index is 12.8. The second-order valence-electron chi connectivity index (χ2n) is 7.35. The Morgan fingerprint density at radius 1 is 1.06 bits per heavy atom. The molecule has 4 rings (SSSR count). The van der Waals surface area contributed by atoms with Crippen molar-refractivity contribution in [2.45, 2.75) is 26.9 Å². The van der Waals surface area contributed by atoms with E-state index in [1.807, 2.05) is 73.3 Å². The van der Waals surface area contributed by atoms with Gasteiger partial charge in [0.05, 0.1) is 23.3 Å². The summed E-state index contributed by atoms with van der Waals surface area (Å²) in [7, 11) is 0. The van der Waals surface area contributed by atoms with Gasteiger partial charge in [-0.25, -0.2) is 0 Å². The zero-order valence-electron chi connectivity index (χ0n) is 17.1. The molecule has 6 nitrogen and oxygen atoms in total. The molecule has 0 spiro atoms. The van der Waals surface area contributed by atoms with Crippen molar-refractivity contribution in [3.05, 3.63) is 98.4 Å². The van der Waals surface area contributed by atoms with Crippen LogP contribution in [0.1, 0.15) is 32.9 Å². The van der Waals surface area contributed by atoms with Gasteiger partial charge in [0.25, 0.3) is 5.91 Å². The van der Waals surface area contributed by atoms with Gasteiger partial charge >= 0.3 is 0 Å². The van der Waals surface area contributed by atoms with E-state index in [1.165, 1.54) is 0 Å². The van der Waals surface area contributed by atoms with Crippen LogP contribution in [-0.2, 0) is 13.1 Å². The minimum absolute atomic E-state index is 0.223. The number of aryl methyl sites for hydroxylation is 2. The number of aromatic nitrogens is 4. The number of nitrogens with one attached hydrogen (secondary N) is 1. The zero-order chi connectivity index (χ0) is 22.0. The largest absolute Gasteiger partial charge is 0.304 e. The molecule has 1 N–H and O–H groups in total. The van der Waals surface area contributed by atoms with Gasteiger partial charge in [0, 0.05) is 22.5 Å². The molecule has 0 radical (unpaired) electrons. The van der Waals surface area contributed by atoms with E-state index in [2.05, 4.69) is 31.4 Å². The van der Waals surface area contributed by atoms with Gasteiger partial charge in [0.2, 0.25) is 0 Å². The highest BCUT2D eigenvalue weighted by Gasteiger charge is 2.14. The number of carbonyl (C=O) groups is 1. The molecule has 0 bridgehead atoms. The lowest BCUT2D eigenvalue weighted by Gasteiger charge is -2.08. The van der Waals surface area contributed by atoms with E-state index in [-0.39, 0.29) is 5.91 Å². The predicted molar refractivity (Wildman–Crippen MR) is 126 cm³/mol. The van der Waals surface area contributed by atoms with Crippen LogP contribution >= 0.6 is 27.5 Å². The first kappa shape index (κ1) is 21.3. The minimum atomic E-state index is -0.223. The Labute approximate surface area is 194 Å². The van der Waals surface area contributed by atoms with E-state index in [1.54, 1.807) is 10.7 Å². The summed E-state index contributed by atoms with van der Waals surface area (Å²) in [6.45, 7) is 5.10. The molecule has 4 aromatic rings. The normalized spacial score (nSPS) is 11.0. The predicted octanol–water partition coefficient (Wildman–Crippen LogP) is 5.46. The Hall–Kier alpha value is -2.90. The number of anilines is 1. The molecule has 0 atom stereocenters. The minimum Gasteiger partial charge on any atom is -0.304 e. The lowest BCUT2D eigenvalue weighted by Crippen LogP contribution is -2.14. The molecule has 2 heterocycles. The summed E-state index contributed by atoms with van der Waals surface area (Å²) >= 11 is 9.72. The first-order valence-electron chi connectivity index (χ1n) is 9.77. The van der Waals surface area contributed by atoms with Crippen molar-refractivity contribution in [2.24, 2.45) is 0 Å². The summed E-state index contributed by atoms with van der Waals surface area (Å²) in [6.07, 6.45) is 1.82. The Bertz CT molecular complexity index is 1250. The summed E-state index contributed by atoms with van der Waals surface area (Å²) in [5, 5.41) is 12.5. The monoisotopic (exact) mass is 497 g/mol. The molecule has 8 heteroatoms. The van der Waals surface area contributed by atoms with Gasteiger partial charge in [-0.3, -0.25) is 14.2 Å². The number of rotatable bonds is 6. The smallest absolute Gasteiger partial charge is 0.256 e. The van der Waals surface area contributed by atoms with Crippen molar-refractivity contribution in [1.29, 1.82) is 0 Å². The van der Waals surface area contributed by atoms with Crippen LogP contribution in [-0.4, -0.2) is 25.5 Å². The molecule has 0 aliphatic rings. The topological polar surface area (TPSA) is 64.7 Å². The quantitative estimate of drug-likeness (QED) is 0.384. The molecule has 2 aromatic heterocycles. The molecule has 0 saturated heterocycles. The van der Waals surface area contributed by atoms with Crippen molar-refractivity contribution < 1.29 is 4.79 Å². The summed E-state index contributed by atoms with van der Waals surface area (Å²) in [6, 6.07) is 17.2. The lowest BCUT2D eigenvalue weighted by atomic mass is 10.1. The van der Waals surface area contributed by atoms with Gasteiger partial charge in [0.1, 0.15) is 0 Å². The van der Waals surface area contributed by atoms with Gasteiger partial charge in [-0.15, -0.1) is 0 Å². The molecule has 1 amide bonds. The maximum absolute atomic E-state index is 12.8. The summed E-state index contributed by atoms with van der Waals surface area (Å²) in [4.78, 5) is 12.8. The van der Waals surface area contributed by atoms with Crippen molar-refractivity contribution in [2.75, 3.05) is 5.32 Å². The number of nitrogens with zero attached hydrogens (tertiary/aromatic N) is 4. The second kappa shape index (κ2) is 9.08. The maximum Gasteiger partial charge on any atom is 0.256 e. The van der Waals surface area contributed by atoms with E-state index < -0.39 is 0 Å². The van der Waals surface area contributed by atoms with E-state index in [9.17, 15) is 4.79 Å². The SMILES string of the molecule is Cc1cc(C)n(Cc2cccc(C(=O)Nc3nn(Cc4ccccc4Cl)cc3Br)c2)n1. The lowest BCUT2D eigenvalue weighted by molar-refractivity contribution is 0.102. The molecular weight excluding hydrogens is 478 g/mol. The van der Waals surface area contributed by atoms with Crippen LogP contribution in [0.3, 0.4) is 0 Å². The van der Waals surface area contributed by atoms with Crippen LogP contribution in [0, 0.1) is 13.8 Å². The van der Waals surface area contributed by atoms with Crippen molar-refractivity contribution in [3.8, 4) is 0 Å². The first-order valence-corrected chi connectivity index (χ1v) is 10.9. The fraction of sp³-hybridized carbons (Fsp3) is 0.174. The highest BCUT2D eigenvalue weighted by atomic mass is 79.9. The molecular formula is C23H21BrClN5O. The van der Waals surface area contributed by atoms with Gasteiger partial charge in [-0.2, -0.15) is 10.2 Å². The van der Waals surface area contributed by atoms with Gasteiger partial charge in [-0.05, 0) is 65.2 Å². The number of benzene rings is 2. The molecule has 0 aliphatic heterocycles. The molecule has 2 aromatic carbocycles. The Morgan fingerprint density at radius 2 is 1.87 bits per heavy atom. The number of carbonyl (C=O) groups excluding carboxylic acids is 1. The Morgan fingerprint density at radius 3 is 2.61 bits per heavy atom. The standard InChI is InChI=1S/C23H21BrClN5O/c1-15-10-16(2)30(27-15)12-17-6-5-8-18(11-17)23(31)26-22-20(24)14-29(28-22)13-19-7-3-4-9-21(19)25/h3-11,14H,12-13H2,1-2H3,(H,26,28,31). The summed E-state index contributed by atoms with van der Waals surface area (Å²) < 4.78 is 4.37.